The van der Waals surface area contributed by atoms with Crippen molar-refractivity contribution in [2.45, 2.75) is 38.3 Å². The zero-order chi connectivity index (χ0) is 11.6. The molecule has 6 heteroatoms. The number of rotatable bonds is 2. The fourth-order valence-corrected chi connectivity index (χ4v) is 1.91. The molecule has 2 heterocycles. The second-order valence-corrected chi connectivity index (χ2v) is 4.52. The molecule has 1 aromatic heterocycles. The molecule has 1 aliphatic rings. The second kappa shape index (κ2) is 4.39. The molecule has 2 rings (SSSR count). The number of anilines is 1. The molecule has 1 unspecified atom stereocenters. The molecular weight excluding hydrogens is 208 g/mol. The van der Waals surface area contributed by atoms with Gasteiger partial charge >= 0.3 is 6.01 Å². The van der Waals surface area contributed by atoms with Gasteiger partial charge in [-0.1, -0.05) is 5.10 Å². The van der Waals surface area contributed by atoms with E-state index in [1.54, 1.807) is 0 Å². The third-order valence-electron chi connectivity index (χ3n) is 2.97. The van der Waals surface area contributed by atoms with Crippen LogP contribution in [0.1, 0.15) is 32.1 Å². The first-order valence-electron chi connectivity index (χ1n) is 5.60. The molecule has 0 spiro atoms. The maximum absolute atomic E-state index is 9.96. The van der Waals surface area contributed by atoms with Gasteiger partial charge in [-0.2, -0.15) is 0 Å². The van der Waals surface area contributed by atoms with Crippen LogP contribution in [0.3, 0.4) is 0 Å². The number of aliphatic hydroxyl groups is 1. The molecule has 1 atom stereocenters. The Morgan fingerprint density at radius 2 is 2.25 bits per heavy atom. The van der Waals surface area contributed by atoms with Crippen LogP contribution in [0.15, 0.2) is 4.42 Å². The topological polar surface area (TPSA) is 88.4 Å². The van der Waals surface area contributed by atoms with Crippen molar-refractivity contribution < 1.29 is 9.52 Å². The van der Waals surface area contributed by atoms with E-state index in [0.29, 0.717) is 18.3 Å². The highest BCUT2D eigenvalue weighted by molar-refractivity contribution is 5.24. The van der Waals surface area contributed by atoms with Crippen molar-refractivity contribution in [2.24, 2.45) is 5.73 Å². The van der Waals surface area contributed by atoms with E-state index < -0.39 is 5.60 Å². The third-order valence-corrected chi connectivity index (χ3v) is 2.97. The van der Waals surface area contributed by atoms with E-state index in [-0.39, 0.29) is 6.54 Å². The van der Waals surface area contributed by atoms with Crippen LogP contribution >= 0.6 is 0 Å². The summed E-state index contributed by atoms with van der Waals surface area (Å²) < 4.78 is 5.39. The largest absolute Gasteiger partial charge is 0.407 e. The quantitative estimate of drug-likeness (QED) is 0.752. The summed E-state index contributed by atoms with van der Waals surface area (Å²) in [5.74, 6) is 0.450. The van der Waals surface area contributed by atoms with E-state index >= 15 is 0 Å². The predicted molar refractivity (Wildman–Crippen MR) is 58.9 cm³/mol. The van der Waals surface area contributed by atoms with E-state index in [4.69, 9.17) is 10.2 Å². The normalized spacial score (nSPS) is 26.8. The van der Waals surface area contributed by atoms with E-state index in [2.05, 4.69) is 10.2 Å². The Bertz CT molecular complexity index is 350. The van der Waals surface area contributed by atoms with Crippen LogP contribution in [0.4, 0.5) is 6.01 Å². The molecule has 0 amide bonds. The Hall–Kier alpha value is -1.14. The van der Waals surface area contributed by atoms with Gasteiger partial charge in [0.25, 0.3) is 0 Å². The summed E-state index contributed by atoms with van der Waals surface area (Å²) in [4.78, 5) is 2.01. The van der Waals surface area contributed by atoms with Gasteiger partial charge < -0.3 is 20.2 Å². The Morgan fingerprint density at radius 3 is 2.94 bits per heavy atom. The smallest absolute Gasteiger partial charge is 0.318 e. The van der Waals surface area contributed by atoms with Crippen LogP contribution in [0.25, 0.3) is 0 Å². The number of hydrogen-bond acceptors (Lipinski definition) is 6. The SMILES string of the molecule is CC1(O)CCCN(c2nnc(CN)o2)CC1. The van der Waals surface area contributed by atoms with Crippen molar-refractivity contribution in [3.63, 3.8) is 0 Å². The van der Waals surface area contributed by atoms with E-state index in [9.17, 15) is 5.11 Å². The van der Waals surface area contributed by atoms with Gasteiger partial charge in [0.2, 0.25) is 5.89 Å². The molecule has 1 aliphatic heterocycles. The molecule has 1 fully saturated rings. The van der Waals surface area contributed by atoms with Gasteiger partial charge in [0, 0.05) is 13.1 Å². The number of aromatic nitrogens is 2. The third kappa shape index (κ3) is 2.51. The Kier molecular flexibility index (Phi) is 3.11. The highest BCUT2D eigenvalue weighted by atomic mass is 16.4. The summed E-state index contributed by atoms with van der Waals surface area (Å²) in [6.07, 6.45) is 2.45. The monoisotopic (exact) mass is 226 g/mol. The van der Waals surface area contributed by atoms with Crippen molar-refractivity contribution in [1.29, 1.82) is 0 Å². The van der Waals surface area contributed by atoms with Gasteiger partial charge in [0.1, 0.15) is 0 Å². The van der Waals surface area contributed by atoms with Gasteiger partial charge in [0.05, 0.1) is 12.1 Å². The molecule has 0 aromatic carbocycles. The van der Waals surface area contributed by atoms with Gasteiger partial charge in [-0.05, 0) is 26.2 Å². The Labute approximate surface area is 94.4 Å². The molecule has 0 bridgehead atoms. The minimum Gasteiger partial charge on any atom is -0.407 e. The molecular formula is C10H18N4O2. The van der Waals surface area contributed by atoms with Crippen LogP contribution in [-0.2, 0) is 6.54 Å². The van der Waals surface area contributed by atoms with Crippen LogP contribution in [0, 0.1) is 0 Å². The average molecular weight is 226 g/mol. The minimum absolute atomic E-state index is 0.262. The van der Waals surface area contributed by atoms with E-state index in [0.717, 1.165) is 25.9 Å². The first kappa shape index (κ1) is 11.3. The predicted octanol–water partition coefficient (Wildman–Crippen LogP) is 0.270. The number of nitrogens with zero attached hydrogens (tertiary/aromatic N) is 3. The maximum atomic E-state index is 9.96. The summed E-state index contributed by atoms with van der Waals surface area (Å²) in [5, 5.41) is 17.7. The molecule has 0 aliphatic carbocycles. The maximum Gasteiger partial charge on any atom is 0.318 e. The fourth-order valence-electron chi connectivity index (χ4n) is 1.91. The molecule has 1 aromatic rings. The summed E-state index contributed by atoms with van der Waals surface area (Å²) in [7, 11) is 0. The Balaban J connectivity index is 2.04. The lowest BCUT2D eigenvalue weighted by atomic mass is 9.98. The summed E-state index contributed by atoms with van der Waals surface area (Å²) in [6.45, 7) is 3.70. The molecule has 1 saturated heterocycles. The Morgan fingerprint density at radius 1 is 1.44 bits per heavy atom. The summed E-state index contributed by atoms with van der Waals surface area (Å²) >= 11 is 0. The first-order valence-corrected chi connectivity index (χ1v) is 5.60. The van der Waals surface area contributed by atoms with Gasteiger partial charge in [-0.25, -0.2) is 0 Å². The van der Waals surface area contributed by atoms with Gasteiger partial charge in [0.15, 0.2) is 0 Å². The van der Waals surface area contributed by atoms with Crippen LogP contribution in [0.2, 0.25) is 0 Å². The number of hydrogen-bond donors (Lipinski definition) is 2. The van der Waals surface area contributed by atoms with Crippen LogP contribution < -0.4 is 10.6 Å². The standard InChI is InChI=1S/C10H18N4O2/c1-10(15)3-2-5-14(6-4-10)9-13-12-8(7-11)16-9/h15H,2-7,11H2,1H3. The fraction of sp³-hybridized carbons (Fsp3) is 0.800. The first-order chi connectivity index (χ1) is 7.61. The molecule has 0 radical (unpaired) electrons. The van der Waals surface area contributed by atoms with Crippen molar-refractivity contribution in [2.75, 3.05) is 18.0 Å². The van der Waals surface area contributed by atoms with E-state index in [1.807, 2.05) is 11.8 Å². The highest BCUT2D eigenvalue weighted by Crippen LogP contribution is 2.24. The van der Waals surface area contributed by atoms with Crippen LogP contribution in [0.5, 0.6) is 0 Å². The lowest BCUT2D eigenvalue weighted by Gasteiger charge is -2.21. The van der Waals surface area contributed by atoms with Crippen molar-refractivity contribution in [3.8, 4) is 0 Å². The van der Waals surface area contributed by atoms with Crippen LogP contribution in [-0.4, -0.2) is 34.0 Å². The highest BCUT2D eigenvalue weighted by Gasteiger charge is 2.26. The van der Waals surface area contributed by atoms with E-state index in [1.165, 1.54) is 0 Å². The molecule has 3 N–H and O–H groups in total. The van der Waals surface area contributed by atoms with Crippen molar-refractivity contribution >= 4 is 6.01 Å². The lowest BCUT2D eigenvalue weighted by Crippen LogP contribution is -2.28. The second-order valence-electron chi connectivity index (χ2n) is 4.52. The average Bonchev–Trinajstić information content (AvgIpc) is 2.64. The zero-order valence-electron chi connectivity index (χ0n) is 9.52. The number of nitrogens with two attached hydrogens (primary N) is 1. The van der Waals surface area contributed by atoms with Gasteiger partial charge in [-0.15, -0.1) is 5.10 Å². The summed E-state index contributed by atoms with van der Waals surface area (Å²) in [5.41, 5.74) is 4.83. The molecule has 0 saturated carbocycles. The minimum atomic E-state index is -0.578. The molecule has 6 nitrogen and oxygen atoms in total. The van der Waals surface area contributed by atoms with Crippen molar-refractivity contribution in [3.05, 3.63) is 5.89 Å². The lowest BCUT2D eigenvalue weighted by molar-refractivity contribution is 0.0481. The molecule has 16 heavy (non-hydrogen) atoms. The summed E-state index contributed by atoms with van der Waals surface area (Å²) in [6, 6.07) is 0.512. The van der Waals surface area contributed by atoms with Gasteiger partial charge in [-0.3, -0.25) is 0 Å². The van der Waals surface area contributed by atoms with Crippen molar-refractivity contribution in [1.82, 2.24) is 10.2 Å². The molecule has 90 valence electrons. The zero-order valence-corrected chi connectivity index (χ0v) is 9.52.